The van der Waals surface area contributed by atoms with Gasteiger partial charge in [-0.2, -0.15) is 0 Å². The molecular weight excluding hydrogens is 246 g/mol. The number of hydrogen-bond acceptors (Lipinski definition) is 5. The second-order valence-electron chi connectivity index (χ2n) is 4.48. The Hall–Kier alpha value is -1.75. The van der Waals surface area contributed by atoms with E-state index in [1.165, 1.54) is 0 Å². The van der Waals surface area contributed by atoms with Crippen molar-refractivity contribution in [2.24, 2.45) is 5.16 Å². The summed E-state index contributed by atoms with van der Waals surface area (Å²) in [4.78, 5) is 0. The molecule has 1 aromatic rings. The van der Waals surface area contributed by atoms with Crippen molar-refractivity contribution in [1.82, 2.24) is 0 Å². The summed E-state index contributed by atoms with van der Waals surface area (Å²) in [7, 11) is 1.60. The Morgan fingerprint density at radius 3 is 2.68 bits per heavy atom. The lowest BCUT2D eigenvalue weighted by molar-refractivity contribution is 0.0245. The topological polar surface area (TPSA) is 60.3 Å². The van der Waals surface area contributed by atoms with E-state index in [9.17, 15) is 0 Å². The molecule has 1 aliphatic heterocycles. The van der Waals surface area contributed by atoms with E-state index in [0.29, 0.717) is 17.2 Å². The summed E-state index contributed by atoms with van der Waals surface area (Å²) >= 11 is 0. The smallest absolute Gasteiger partial charge is 0.161 e. The first-order chi connectivity index (χ1) is 9.24. The maximum Gasteiger partial charge on any atom is 0.161 e. The lowest BCUT2D eigenvalue weighted by atomic mass is 10.1. The Kier molecular flexibility index (Phi) is 4.63. The molecule has 0 bridgehead atoms. The molecule has 2 rings (SSSR count). The Balaban J connectivity index is 2.15. The maximum absolute atomic E-state index is 8.78. The highest BCUT2D eigenvalue weighted by molar-refractivity contribution is 5.98. The second-order valence-corrected chi connectivity index (χ2v) is 4.48. The van der Waals surface area contributed by atoms with Crippen LogP contribution in [0.1, 0.15) is 25.3 Å². The van der Waals surface area contributed by atoms with Crippen LogP contribution in [0.3, 0.4) is 0 Å². The van der Waals surface area contributed by atoms with Crippen LogP contribution in [0.2, 0.25) is 0 Å². The molecule has 0 amide bonds. The third-order valence-corrected chi connectivity index (χ3v) is 3.19. The van der Waals surface area contributed by atoms with Gasteiger partial charge in [0.05, 0.1) is 26.0 Å². The van der Waals surface area contributed by atoms with Crippen molar-refractivity contribution in [3.05, 3.63) is 23.8 Å². The Morgan fingerprint density at radius 2 is 2.05 bits per heavy atom. The number of benzene rings is 1. The third kappa shape index (κ3) is 3.38. The van der Waals surface area contributed by atoms with E-state index in [0.717, 1.165) is 31.6 Å². The standard InChI is InChI=1S/C14H19NO4/c1-10(15-16)11-3-4-13(14(9-11)17-2)19-12-5-7-18-8-6-12/h3-4,9,12,16H,5-8H2,1-2H3. The fraction of sp³-hybridized carbons (Fsp3) is 0.500. The molecule has 0 radical (unpaired) electrons. The number of methoxy groups -OCH3 is 1. The minimum absolute atomic E-state index is 0.168. The summed E-state index contributed by atoms with van der Waals surface area (Å²) in [5.74, 6) is 1.36. The molecule has 1 aliphatic rings. The molecule has 0 atom stereocenters. The Labute approximate surface area is 112 Å². The Bertz CT molecular complexity index is 453. The van der Waals surface area contributed by atoms with Gasteiger partial charge in [0.15, 0.2) is 11.5 Å². The molecule has 5 heteroatoms. The molecule has 1 N–H and O–H groups in total. The van der Waals surface area contributed by atoms with Gasteiger partial charge in [-0.15, -0.1) is 0 Å². The van der Waals surface area contributed by atoms with Crippen LogP contribution >= 0.6 is 0 Å². The number of nitrogens with zero attached hydrogens (tertiary/aromatic N) is 1. The van der Waals surface area contributed by atoms with Crippen molar-refractivity contribution in [1.29, 1.82) is 0 Å². The number of oxime groups is 1. The van der Waals surface area contributed by atoms with Gasteiger partial charge < -0.3 is 19.4 Å². The van der Waals surface area contributed by atoms with E-state index in [4.69, 9.17) is 19.4 Å². The monoisotopic (exact) mass is 265 g/mol. The minimum Gasteiger partial charge on any atom is -0.493 e. The second kappa shape index (κ2) is 6.43. The highest BCUT2D eigenvalue weighted by atomic mass is 16.5. The van der Waals surface area contributed by atoms with Crippen molar-refractivity contribution in [3.63, 3.8) is 0 Å². The van der Waals surface area contributed by atoms with E-state index in [-0.39, 0.29) is 6.10 Å². The van der Waals surface area contributed by atoms with Gasteiger partial charge in [0.2, 0.25) is 0 Å². The van der Waals surface area contributed by atoms with Crippen LogP contribution in [0.15, 0.2) is 23.4 Å². The van der Waals surface area contributed by atoms with Crippen LogP contribution in [0, 0.1) is 0 Å². The fourth-order valence-corrected chi connectivity index (χ4v) is 2.02. The summed E-state index contributed by atoms with van der Waals surface area (Å²) in [6.07, 6.45) is 1.95. The van der Waals surface area contributed by atoms with Gasteiger partial charge in [0.25, 0.3) is 0 Å². The first-order valence-corrected chi connectivity index (χ1v) is 6.36. The molecule has 5 nitrogen and oxygen atoms in total. The van der Waals surface area contributed by atoms with E-state index in [1.807, 2.05) is 18.2 Å². The van der Waals surface area contributed by atoms with Crippen LogP contribution in [-0.2, 0) is 4.74 Å². The van der Waals surface area contributed by atoms with Gasteiger partial charge >= 0.3 is 0 Å². The van der Waals surface area contributed by atoms with Crippen LogP contribution < -0.4 is 9.47 Å². The molecule has 0 spiro atoms. The zero-order valence-corrected chi connectivity index (χ0v) is 11.3. The molecule has 1 saturated heterocycles. The molecule has 0 aromatic heterocycles. The van der Waals surface area contributed by atoms with Gasteiger partial charge in [-0.05, 0) is 25.1 Å². The Morgan fingerprint density at radius 1 is 1.32 bits per heavy atom. The van der Waals surface area contributed by atoms with Crippen molar-refractivity contribution in [3.8, 4) is 11.5 Å². The highest BCUT2D eigenvalue weighted by Crippen LogP contribution is 2.30. The molecule has 1 fully saturated rings. The number of rotatable bonds is 4. The van der Waals surface area contributed by atoms with Crippen LogP contribution in [-0.4, -0.2) is 37.3 Å². The van der Waals surface area contributed by atoms with Gasteiger partial charge in [0, 0.05) is 18.4 Å². The van der Waals surface area contributed by atoms with Crippen molar-refractivity contribution < 1.29 is 19.4 Å². The first kappa shape index (κ1) is 13.7. The largest absolute Gasteiger partial charge is 0.493 e. The number of ether oxygens (including phenoxy) is 3. The van der Waals surface area contributed by atoms with Crippen LogP contribution in [0.5, 0.6) is 11.5 Å². The lowest BCUT2D eigenvalue weighted by Gasteiger charge is -2.24. The quantitative estimate of drug-likeness (QED) is 0.516. The summed E-state index contributed by atoms with van der Waals surface area (Å²) in [5.41, 5.74) is 1.34. The molecule has 1 aromatic carbocycles. The summed E-state index contributed by atoms with van der Waals surface area (Å²) < 4.78 is 16.6. The maximum atomic E-state index is 8.78. The minimum atomic E-state index is 0.168. The molecule has 0 saturated carbocycles. The van der Waals surface area contributed by atoms with Crippen molar-refractivity contribution in [2.75, 3.05) is 20.3 Å². The first-order valence-electron chi connectivity index (χ1n) is 6.36. The lowest BCUT2D eigenvalue weighted by Crippen LogP contribution is -2.26. The predicted octanol–water partition coefficient (Wildman–Crippen LogP) is 2.45. The molecule has 0 aliphatic carbocycles. The van der Waals surface area contributed by atoms with Gasteiger partial charge in [0.1, 0.15) is 6.10 Å². The van der Waals surface area contributed by atoms with E-state index in [2.05, 4.69) is 5.16 Å². The zero-order valence-electron chi connectivity index (χ0n) is 11.3. The summed E-state index contributed by atoms with van der Waals surface area (Å²) in [5, 5.41) is 12.0. The highest BCUT2D eigenvalue weighted by Gasteiger charge is 2.17. The van der Waals surface area contributed by atoms with Crippen molar-refractivity contribution in [2.45, 2.75) is 25.9 Å². The SMILES string of the molecule is COc1cc(C(C)=NO)ccc1OC1CCOCC1. The molecule has 19 heavy (non-hydrogen) atoms. The third-order valence-electron chi connectivity index (χ3n) is 3.19. The fourth-order valence-electron chi connectivity index (χ4n) is 2.02. The zero-order chi connectivity index (χ0) is 13.7. The number of hydrogen-bond donors (Lipinski definition) is 1. The average molecular weight is 265 g/mol. The average Bonchev–Trinajstić information content (AvgIpc) is 2.48. The molecular formula is C14H19NO4. The van der Waals surface area contributed by atoms with E-state index < -0.39 is 0 Å². The van der Waals surface area contributed by atoms with Crippen molar-refractivity contribution >= 4 is 5.71 Å². The normalized spacial score (nSPS) is 17.3. The van der Waals surface area contributed by atoms with Gasteiger partial charge in [-0.25, -0.2) is 0 Å². The predicted molar refractivity (Wildman–Crippen MR) is 71.5 cm³/mol. The molecule has 104 valence electrons. The molecule has 1 heterocycles. The van der Waals surface area contributed by atoms with E-state index >= 15 is 0 Å². The van der Waals surface area contributed by atoms with Gasteiger partial charge in [-0.3, -0.25) is 0 Å². The van der Waals surface area contributed by atoms with E-state index in [1.54, 1.807) is 14.0 Å². The molecule has 0 unspecified atom stereocenters. The summed E-state index contributed by atoms with van der Waals surface area (Å²) in [6, 6.07) is 5.51. The van der Waals surface area contributed by atoms with Crippen LogP contribution in [0.4, 0.5) is 0 Å². The van der Waals surface area contributed by atoms with Crippen LogP contribution in [0.25, 0.3) is 0 Å². The summed E-state index contributed by atoms with van der Waals surface area (Å²) in [6.45, 7) is 3.20. The van der Waals surface area contributed by atoms with Gasteiger partial charge in [-0.1, -0.05) is 5.16 Å².